The molecule has 1 N–H and O–H groups in total. The number of amides is 1. The lowest BCUT2D eigenvalue weighted by Gasteiger charge is -2.26. The summed E-state index contributed by atoms with van der Waals surface area (Å²) in [4.78, 5) is 22.7. The van der Waals surface area contributed by atoms with Crippen LogP contribution in [0, 0.1) is 0 Å². The van der Waals surface area contributed by atoms with Gasteiger partial charge in [0, 0.05) is 25.5 Å². The molecule has 0 unspecified atom stereocenters. The fraction of sp³-hybridized carbons (Fsp3) is 0.389. The van der Waals surface area contributed by atoms with Crippen LogP contribution in [-0.4, -0.2) is 62.4 Å². The van der Waals surface area contributed by atoms with Crippen LogP contribution in [0.2, 0.25) is 0 Å². The van der Waals surface area contributed by atoms with Gasteiger partial charge in [-0.15, -0.1) is 0 Å². The summed E-state index contributed by atoms with van der Waals surface area (Å²) < 4.78 is 16.0. The third-order valence-electron chi connectivity index (χ3n) is 3.91. The minimum atomic E-state index is -0.225. The first-order valence-corrected chi connectivity index (χ1v) is 8.46. The van der Waals surface area contributed by atoms with Crippen molar-refractivity contribution in [2.45, 2.75) is 0 Å². The third-order valence-corrected chi connectivity index (χ3v) is 3.91. The first kappa shape index (κ1) is 17.9. The summed E-state index contributed by atoms with van der Waals surface area (Å²) in [5.74, 6) is 1.88. The van der Waals surface area contributed by atoms with Crippen molar-refractivity contribution in [3.63, 3.8) is 0 Å². The molecular weight excluding hydrogens is 336 g/mol. The Morgan fingerprint density at radius 1 is 1.15 bits per heavy atom. The average molecular weight is 358 g/mol. The van der Waals surface area contributed by atoms with E-state index in [9.17, 15) is 4.79 Å². The smallest absolute Gasteiger partial charge is 0.254 e. The van der Waals surface area contributed by atoms with E-state index in [4.69, 9.17) is 14.2 Å². The number of nitrogens with one attached hydrogen (secondary N) is 1. The maximum Gasteiger partial charge on any atom is 0.254 e. The van der Waals surface area contributed by atoms with E-state index < -0.39 is 0 Å². The van der Waals surface area contributed by atoms with E-state index in [0.29, 0.717) is 37.9 Å². The highest BCUT2D eigenvalue weighted by Crippen LogP contribution is 2.16. The molecule has 0 aliphatic carbocycles. The molecule has 1 aliphatic heterocycles. The second-order valence-corrected chi connectivity index (χ2v) is 5.65. The van der Waals surface area contributed by atoms with Gasteiger partial charge in [0.25, 0.3) is 5.91 Å². The van der Waals surface area contributed by atoms with Crippen molar-refractivity contribution in [1.82, 2.24) is 15.3 Å². The molecule has 26 heavy (non-hydrogen) atoms. The number of anilines is 1. The molecule has 1 aromatic carbocycles. The van der Waals surface area contributed by atoms with E-state index in [2.05, 4.69) is 15.3 Å². The van der Waals surface area contributed by atoms with Crippen LogP contribution in [0.25, 0.3) is 0 Å². The normalized spacial score (nSPS) is 14.0. The van der Waals surface area contributed by atoms with E-state index in [1.807, 2.05) is 29.2 Å². The number of hydrogen-bond acceptors (Lipinski definition) is 7. The fourth-order valence-electron chi connectivity index (χ4n) is 2.47. The van der Waals surface area contributed by atoms with Crippen molar-refractivity contribution in [1.29, 1.82) is 0 Å². The van der Waals surface area contributed by atoms with Gasteiger partial charge in [-0.1, -0.05) is 0 Å². The number of ether oxygens (including phenoxy) is 3. The van der Waals surface area contributed by atoms with E-state index in [1.54, 1.807) is 7.11 Å². The number of methoxy groups -OCH3 is 1. The predicted octanol–water partition coefficient (Wildman–Crippen LogP) is 1.13. The zero-order valence-corrected chi connectivity index (χ0v) is 14.7. The van der Waals surface area contributed by atoms with Gasteiger partial charge in [0.1, 0.15) is 18.1 Å². The number of carbonyl (C=O) groups is 1. The molecule has 2 heterocycles. The van der Waals surface area contributed by atoms with Gasteiger partial charge in [-0.05, 0) is 24.3 Å². The summed E-state index contributed by atoms with van der Waals surface area (Å²) in [6.45, 7) is 3.60. The number of aromatic nitrogens is 2. The molecule has 0 radical (unpaired) electrons. The zero-order chi connectivity index (χ0) is 18.2. The van der Waals surface area contributed by atoms with Crippen LogP contribution in [0.3, 0.4) is 0 Å². The Morgan fingerprint density at radius 3 is 2.46 bits per heavy atom. The number of nitrogens with zero attached hydrogens (tertiary/aromatic N) is 3. The maximum atomic E-state index is 12.1. The van der Waals surface area contributed by atoms with E-state index in [0.717, 1.165) is 24.6 Å². The summed E-state index contributed by atoms with van der Waals surface area (Å²) in [5, 5.41) is 2.79. The largest absolute Gasteiger partial charge is 0.497 e. The van der Waals surface area contributed by atoms with E-state index >= 15 is 0 Å². The van der Waals surface area contributed by atoms with Gasteiger partial charge in [-0.25, -0.2) is 9.97 Å². The van der Waals surface area contributed by atoms with Gasteiger partial charge in [0.05, 0.1) is 32.4 Å². The van der Waals surface area contributed by atoms with Crippen molar-refractivity contribution in [2.24, 2.45) is 0 Å². The molecule has 0 saturated carbocycles. The zero-order valence-electron chi connectivity index (χ0n) is 14.7. The van der Waals surface area contributed by atoms with Crippen molar-refractivity contribution >= 4 is 11.9 Å². The van der Waals surface area contributed by atoms with Gasteiger partial charge in [0.15, 0.2) is 0 Å². The molecule has 0 bridgehead atoms. The lowest BCUT2D eigenvalue weighted by molar-refractivity contribution is 0.0946. The lowest BCUT2D eigenvalue weighted by Crippen LogP contribution is -2.37. The fourth-order valence-corrected chi connectivity index (χ4v) is 2.47. The summed E-state index contributed by atoms with van der Waals surface area (Å²) in [6, 6.07) is 7.28. The second kappa shape index (κ2) is 9.00. The molecule has 2 aromatic rings. The van der Waals surface area contributed by atoms with E-state index in [1.165, 1.54) is 12.4 Å². The Hall–Kier alpha value is -2.87. The minimum absolute atomic E-state index is 0.225. The molecule has 0 atom stereocenters. The summed E-state index contributed by atoms with van der Waals surface area (Å²) in [7, 11) is 1.61. The Balaban J connectivity index is 1.42. The Morgan fingerprint density at radius 2 is 1.81 bits per heavy atom. The molecule has 1 saturated heterocycles. The van der Waals surface area contributed by atoms with E-state index in [-0.39, 0.29) is 5.91 Å². The molecule has 138 valence electrons. The van der Waals surface area contributed by atoms with Crippen LogP contribution in [0.1, 0.15) is 10.4 Å². The van der Waals surface area contributed by atoms with Gasteiger partial charge >= 0.3 is 0 Å². The Bertz CT molecular complexity index is 700. The van der Waals surface area contributed by atoms with Crippen molar-refractivity contribution in [3.8, 4) is 11.5 Å². The molecule has 1 fully saturated rings. The van der Waals surface area contributed by atoms with Crippen molar-refractivity contribution < 1.29 is 19.0 Å². The highest BCUT2D eigenvalue weighted by atomic mass is 16.5. The van der Waals surface area contributed by atoms with Crippen LogP contribution < -0.4 is 19.7 Å². The van der Waals surface area contributed by atoms with Gasteiger partial charge in [-0.2, -0.15) is 0 Å². The highest BCUT2D eigenvalue weighted by molar-refractivity contribution is 5.93. The van der Waals surface area contributed by atoms with Crippen LogP contribution >= 0.6 is 0 Å². The monoisotopic (exact) mass is 358 g/mol. The van der Waals surface area contributed by atoms with Crippen molar-refractivity contribution in [3.05, 3.63) is 42.2 Å². The highest BCUT2D eigenvalue weighted by Gasteiger charge is 2.14. The standard InChI is InChI=1S/C18H22N4O4/c1-24-15-2-4-16(5-3-15)26-9-6-19-17(23)14-12-20-18(21-13-14)22-7-10-25-11-8-22/h2-5,12-13H,6-11H2,1H3,(H,19,23). The molecule has 8 nitrogen and oxygen atoms in total. The topological polar surface area (TPSA) is 85.8 Å². The molecule has 3 rings (SSSR count). The van der Waals surface area contributed by atoms with Crippen LogP contribution in [0.15, 0.2) is 36.7 Å². The molecule has 1 amide bonds. The Kier molecular flexibility index (Phi) is 6.21. The average Bonchev–Trinajstić information content (AvgIpc) is 2.72. The molecular formula is C18H22N4O4. The number of hydrogen-bond donors (Lipinski definition) is 1. The predicted molar refractivity (Wildman–Crippen MR) is 95.9 cm³/mol. The third kappa shape index (κ3) is 4.82. The van der Waals surface area contributed by atoms with Crippen LogP contribution in [0.5, 0.6) is 11.5 Å². The summed E-state index contributed by atoms with van der Waals surface area (Å²) in [6.07, 6.45) is 3.08. The number of carbonyl (C=O) groups excluding carboxylic acids is 1. The first-order valence-electron chi connectivity index (χ1n) is 8.46. The number of rotatable bonds is 7. The number of benzene rings is 1. The number of morpholine rings is 1. The summed E-state index contributed by atoms with van der Waals surface area (Å²) in [5.41, 5.74) is 0.423. The maximum absolute atomic E-state index is 12.1. The SMILES string of the molecule is COc1ccc(OCCNC(=O)c2cnc(N3CCOCC3)nc2)cc1. The van der Waals surface area contributed by atoms with Crippen molar-refractivity contribution in [2.75, 3.05) is 51.5 Å². The summed E-state index contributed by atoms with van der Waals surface area (Å²) >= 11 is 0. The van der Waals surface area contributed by atoms with Crippen LogP contribution in [-0.2, 0) is 4.74 Å². The minimum Gasteiger partial charge on any atom is -0.497 e. The Labute approximate surface area is 152 Å². The lowest BCUT2D eigenvalue weighted by atomic mass is 10.3. The molecule has 1 aliphatic rings. The van der Waals surface area contributed by atoms with Gasteiger partial charge in [-0.3, -0.25) is 4.79 Å². The second-order valence-electron chi connectivity index (χ2n) is 5.65. The van der Waals surface area contributed by atoms with Gasteiger partial charge < -0.3 is 24.4 Å². The molecule has 0 spiro atoms. The first-order chi connectivity index (χ1) is 12.8. The van der Waals surface area contributed by atoms with Gasteiger partial charge in [0.2, 0.25) is 5.95 Å². The molecule has 1 aromatic heterocycles. The quantitative estimate of drug-likeness (QED) is 0.743. The van der Waals surface area contributed by atoms with Crippen LogP contribution in [0.4, 0.5) is 5.95 Å². The molecule has 8 heteroatoms.